The summed E-state index contributed by atoms with van der Waals surface area (Å²) in [6.07, 6.45) is 1.53. The summed E-state index contributed by atoms with van der Waals surface area (Å²) in [7, 11) is 0. The van der Waals surface area contributed by atoms with Crippen LogP contribution in [-0.4, -0.2) is 37.5 Å². The van der Waals surface area contributed by atoms with Crippen LogP contribution < -0.4 is 15.5 Å². The molecule has 2 heterocycles. The summed E-state index contributed by atoms with van der Waals surface area (Å²) < 4.78 is 0. The van der Waals surface area contributed by atoms with Gasteiger partial charge in [-0.05, 0) is 43.0 Å². The van der Waals surface area contributed by atoms with Crippen molar-refractivity contribution in [3.05, 3.63) is 29.8 Å². The smallest absolute Gasteiger partial charge is 0.239 e. The van der Waals surface area contributed by atoms with Gasteiger partial charge in [-0.2, -0.15) is 0 Å². The van der Waals surface area contributed by atoms with Crippen LogP contribution in [0, 0.1) is 5.92 Å². The van der Waals surface area contributed by atoms with E-state index in [-0.39, 0.29) is 17.9 Å². The van der Waals surface area contributed by atoms with E-state index in [0.717, 1.165) is 25.2 Å². The van der Waals surface area contributed by atoms with Crippen LogP contribution in [-0.2, 0) is 9.59 Å². The third kappa shape index (κ3) is 3.39. The second-order valence-corrected chi connectivity index (χ2v) is 6.78. The van der Waals surface area contributed by atoms with E-state index >= 15 is 0 Å². The van der Waals surface area contributed by atoms with E-state index < -0.39 is 5.92 Å². The summed E-state index contributed by atoms with van der Waals surface area (Å²) in [5.41, 5.74) is 2.14. The maximum Gasteiger partial charge on any atom is 0.239 e. The number of carbonyl (C=O) groups is 2. The number of benzene rings is 1. The molecule has 23 heavy (non-hydrogen) atoms. The Balaban J connectivity index is 1.64. The lowest BCUT2D eigenvalue weighted by molar-refractivity contribution is -0.132. The maximum absolute atomic E-state index is 12.6. The van der Waals surface area contributed by atoms with Crippen LogP contribution in [0.15, 0.2) is 24.3 Å². The number of amides is 2. The van der Waals surface area contributed by atoms with Gasteiger partial charge in [-0.1, -0.05) is 26.0 Å². The minimum atomic E-state index is -0.541. The maximum atomic E-state index is 12.6. The van der Waals surface area contributed by atoms with Gasteiger partial charge in [0.15, 0.2) is 0 Å². The molecule has 2 saturated heterocycles. The normalized spacial score (nSPS) is 24.5. The van der Waals surface area contributed by atoms with Gasteiger partial charge in [0.1, 0.15) is 5.92 Å². The highest BCUT2D eigenvalue weighted by Crippen LogP contribution is 2.27. The van der Waals surface area contributed by atoms with Gasteiger partial charge in [-0.15, -0.1) is 0 Å². The molecule has 2 N–H and O–H groups in total. The minimum absolute atomic E-state index is 0.0780. The van der Waals surface area contributed by atoms with Gasteiger partial charge >= 0.3 is 0 Å². The van der Waals surface area contributed by atoms with Gasteiger partial charge in [0.05, 0.1) is 0 Å². The molecule has 2 fully saturated rings. The highest BCUT2D eigenvalue weighted by molar-refractivity contribution is 6.09. The third-order valence-corrected chi connectivity index (χ3v) is 4.80. The molecule has 2 aliphatic rings. The van der Waals surface area contributed by atoms with Crippen LogP contribution in [0.2, 0.25) is 0 Å². The first kappa shape index (κ1) is 16.0. The Morgan fingerprint density at radius 1 is 1.26 bits per heavy atom. The van der Waals surface area contributed by atoms with Crippen molar-refractivity contribution < 1.29 is 9.59 Å². The fourth-order valence-electron chi connectivity index (χ4n) is 3.30. The fraction of sp³-hybridized carbons (Fsp3) is 0.556. The van der Waals surface area contributed by atoms with Gasteiger partial charge in [0.25, 0.3) is 0 Å². The zero-order valence-electron chi connectivity index (χ0n) is 13.8. The van der Waals surface area contributed by atoms with Crippen LogP contribution in [0.4, 0.5) is 5.69 Å². The molecule has 3 rings (SSSR count). The molecular formula is C18H25N3O2. The molecule has 0 bridgehead atoms. The second kappa shape index (κ2) is 6.71. The minimum Gasteiger partial charge on any atom is -0.351 e. The molecule has 1 aromatic carbocycles. The molecule has 124 valence electrons. The van der Waals surface area contributed by atoms with E-state index in [1.807, 2.05) is 12.1 Å². The van der Waals surface area contributed by atoms with E-state index in [1.165, 1.54) is 5.56 Å². The van der Waals surface area contributed by atoms with Crippen LogP contribution in [0.5, 0.6) is 0 Å². The molecule has 2 atom stereocenters. The molecule has 2 aliphatic heterocycles. The monoisotopic (exact) mass is 315 g/mol. The third-order valence-electron chi connectivity index (χ3n) is 4.80. The Hall–Kier alpha value is -1.88. The van der Waals surface area contributed by atoms with E-state index in [2.05, 4.69) is 36.6 Å². The summed E-state index contributed by atoms with van der Waals surface area (Å²) in [5.74, 6) is -0.270. The summed E-state index contributed by atoms with van der Waals surface area (Å²) in [4.78, 5) is 26.7. The van der Waals surface area contributed by atoms with Gasteiger partial charge < -0.3 is 15.5 Å². The lowest BCUT2D eigenvalue weighted by atomic mass is 10.0. The topological polar surface area (TPSA) is 61.4 Å². The van der Waals surface area contributed by atoms with E-state index in [0.29, 0.717) is 18.9 Å². The average Bonchev–Trinajstić information content (AvgIpc) is 3.17. The van der Waals surface area contributed by atoms with Gasteiger partial charge in [-0.25, -0.2) is 0 Å². The molecule has 0 saturated carbocycles. The largest absolute Gasteiger partial charge is 0.351 e. The van der Waals surface area contributed by atoms with Crippen molar-refractivity contribution in [3.8, 4) is 0 Å². The second-order valence-electron chi connectivity index (χ2n) is 6.78. The van der Waals surface area contributed by atoms with Crippen molar-refractivity contribution in [2.75, 3.05) is 24.5 Å². The Morgan fingerprint density at radius 3 is 2.61 bits per heavy atom. The van der Waals surface area contributed by atoms with Gasteiger partial charge in [0.2, 0.25) is 11.8 Å². The molecule has 0 radical (unpaired) electrons. The number of nitrogens with zero attached hydrogens (tertiary/aromatic N) is 1. The van der Waals surface area contributed by atoms with Crippen molar-refractivity contribution in [2.24, 2.45) is 5.92 Å². The number of anilines is 1. The van der Waals surface area contributed by atoms with Crippen molar-refractivity contribution in [1.82, 2.24) is 10.6 Å². The van der Waals surface area contributed by atoms with Crippen molar-refractivity contribution in [3.63, 3.8) is 0 Å². The summed E-state index contributed by atoms with van der Waals surface area (Å²) in [5, 5.41) is 6.22. The quantitative estimate of drug-likeness (QED) is 0.831. The average molecular weight is 315 g/mol. The zero-order chi connectivity index (χ0) is 16.4. The number of rotatable bonds is 4. The molecular weight excluding hydrogens is 290 g/mol. The predicted octanol–water partition coefficient (Wildman–Crippen LogP) is 1.64. The predicted molar refractivity (Wildman–Crippen MR) is 90.4 cm³/mol. The van der Waals surface area contributed by atoms with Crippen molar-refractivity contribution >= 4 is 17.5 Å². The first-order valence-corrected chi connectivity index (χ1v) is 8.48. The van der Waals surface area contributed by atoms with Crippen molar-refractivity contribution in [2.45, 2.75) is 38.6 Å². The highest BCUT2D eigenvalue weighted by Gasteiger charge is 2.38. The Kier molecular flexibility index (Phi) is 4.66. The van der Waals surface area contributed by atoms with Crippen LogP contribution in [0.3, 0.4) is 0 Å². The summed E-state index contributed by atoms with van der Waals surface area (Å²) in [6, 6.07) is 8.24. The van der Waals surface area contributed by atoms with Crippen LogP contribution in [0.1, 0.15) is 38.2 Å². The molecule has 2 amide bonds. The van der Waals surface area contributed by atoms with Crippen molar-refractivity contribution in [1.29, 1.82) is 0 Å². The van der Waals surface area contributed by atoms with E-state index in [9.17, 15) is 9.59 Å². The molecule has 0 aromatic heterocycles. The molecule has 0 aliphatic carbocycles. The lowest BCUT2D eigenvalue weighted by Gasteiger charge is -2.18. The number of hydrogen-bond donors (Lipinski definition) is 2. The summed E-state index contributed by atoms with van der Waals surface area (Å²) >= 11 is 0. The highest BCUT2D eigenvalue weighted by atomic mass is 16.2. The SMILES string of the molecule is CC(C)c1ccc(N2CCC(C(=O)NC3CCNC3)C2=O)cc1. The Bertz CT molecular complexity index is 576. The Morgan fingerprint density at radius 2 is 2.00 bits per heavy atom. The Labute approximate surface area is 137 Å². The van der Waals surface area contributed by atoms with E-state index in [4.69, 9.17) is 0 Å². The van der Waals surface area contributed by atoms with E-state index in [1.54, 1.807) is 4.90 Å². The first-order valence-electron chi connectivity index (χ1n) is 8.48. The van der Waals surface area contributed by atoms with Crippen LogP contribution in [0.25, 0.3) is 0 Å². The summed E-state index contributed by atoms with van der Waals surface area (Å²) in [6.45, 7) is 6.63. The number of carbonyl (C=O) groups excluding carboxylic acids is 2. The fourth-order valence-corrected chi connectivity index (χ4v) is 3.30. The molecule has 0 spiro atoms. The molecule has 1 aromatic rings. The standard InChI is InChI=1S/C18H25N3O2/c1-12(2)13-3-5-15(6-4-13)21-10-8-16(18(21)23)17(22)20-14-7-9-19-11-14/h3-6,12,14,16,19H,7-11H2,1-2H3,(H,20,22). The van der Waals surface area contributed by atoms with Gasteiger partial charge in [0, 0.05) is 24.8 Å². The van der Waals surface area contributed by atoms with Crippen LogP contribution >= 0.6 is 0 Å². The molecule has 2 unspecified atom stereocenters. The lowest BCUT2D eigenvalue weighted by Crippen LogP contribution is -2.42. The molecule has 5 heteroatoms. The number of nitrogens with one attached hydrogen (secondary N) is 2. The molecule has 5 nitrogen and oxygen atoms in total. The zero-order valence-corrected chi connectivity index (χ0v) is 13.8. The van der Waals surface area contributed by atoms with Gasteiger partial charge in [-0.3, -0.25) is 9.59 Å². The number of hydrogen-bond acceptors (Lipinski definition) is 3. The first-order chi connectivity index (χ1) is 11.1.